The maximum absolute atomic E-state index is 13.1. The molecule has 0 radical (unpaired) electrons. The van der Waals surface area contributed by atoms with Crippen molar-refractivity contribution < 1.29 is 42.1 Å². The molecule has 0 saturated heterocycles. The normalized spacial score (nSPS) is 13.0. The van der Waals surface area contributed by atoms with Crippen molar-refractivity contribution in [2.75, 3.05) is 13.2 Å². The summed E-state index contributed by atoms with van der Waals surface area (Å²) in [5.74, 6) is -0.799. The molecular weight excluding hydrogens is 531 g/mol. The van der Waals surface area contributed by atoms with E-state index in [1.165, 1.54) is 0 Å². The number of nitrogens with one attached hydrogen (secondary N) is 2. The van der Waals surface area contributed by atoms with Crippen LogP contribution in [0.15, 0.2) is 54.7 Å². The number of alkyl halides is 3. The van der Waals surface area contributed by atoms with E-state index in [2.05, 4.69) is 15.3 Å². The Labute approximate surface area is 228 Å². The molecule has 2 heterocycles. The van der Waals surface area contributed by atoms with Crippen LogP contribution >= 0.6 is 0 Å². The fraction of sp³-hybridized carbons (Fsp3) is 0.357. The Bertz CT molecular complexity index is 1290. The molecule has 1 aliphatic rings. The minimum Gasteiger partial charge on any atom is -0.486 e. The molecule has 0 saturated carbocycles. The number of imidazole rings is 1. The van der Waals surface area contributed by atoms with Gasteiger partial charge in [-0.15, -0.1) is 0 Å². The molecular formula is C28H30F3N3O6. The van der Waals surface area contributed by atoms with Gasteiger partial charge in [-0.2, -0.15) is 13.2 Å². The van der Waals surface area contributed by atoms with Crippen LogP contribution in [0.3, 0.4) is 0 Å². The van der Waals surface area contributed by atoms with Crippen molar-refractivity contribution in [1.82, 2.24) is 15.3 Å². The third-order valence-corrected chi connectivity index (χ3v) is 5.88. The number of aromatic nitrogens is 2. The summed E-state index contributed by atoms with van der Waals surface area (Å²) >= 11 is 0. The lowest BCUT2D eigenvalue weighted by molar-refractivity contribution is -0.192. The summed E-state index contributed by atoms with van der Waals surface area (Å²) in [6.45, 7) is 2.59. The molecule has 40 heavy (non-hydrogen) atoms. The van der Waals surface area contributed by atoms with E-state index in [9.17, 15) is 22.8 Å². The predicted molar refractivity (Wildman–Crippen MR) is 139 cm³/mol. The highest BCUT2D eigenvalue weighted by molar-refractivity contribution is 5.95. The Balaban J connectivity index is 0.000000559. The van der Waals surface area contributed by atoms with E-state index < -0.39 is 12.1 Å². The van der Waals surface area contributed by atoms with Crippen molar-refractivity contribution in [2.45, 2.75) is 51.2 Å². The summed E-state index contributed by atoms with van der Waals surface area (Å²) in [5.41, 5.74) is 2.45. The number of aliphatic carboxylic acids is 1. The first-order chi connectivity index (χ1) is 19.0. The highest BCUT2D eigenvalue weighted by atomic mass is 19.4. The number of carboxylic acid groups (broad SMARTS) is 1. The van der Waals surface area contributed by atoms with Crippen LogP contribution < -0.4 is 14.8 Å². The van der Waals surface area contributed by atoms with Gasteiger partial charge in [-0.1, -0.05) is 43.2 Å². The second-order valence-corrected chi connectivity index (χ2v) is 9.04. The van der Waals surface area contributed by atoms with E-state index in [-0.39, 0.29) is 17.7 Å². The summed E-state index contributed by atoms with van der Waals surface area (Å²) in [4.78, 5) is 41.1. The number of Topliss-reactive ketones (excluding diaryl/α,β-unsaturated/α-hetero) is 1. The number of H-pyrrole nitrogens is 1. The van der Waals surface area contributed by atoms with Gasteiger partial charge in [0.05, 0.1) is 17.9 Å². The van der Waals surface area contributed by atoms with Crippen molar-refractivity contribution in [3.8, 4) is 22.8 Å². The summed E-state index contributed by atoms with van der Waals surface area (Å²) < 4.78 is 42.9. The highest BCUT2D eigenvalue weighted by Crippen LogP contribution is 2.31. The van der Waals surface area contributed by atoms with E-state index in [0.29, 0.717) is 42.5 Å². The molecule has 3 N–H and O–H groups in total. The number of hydrogen-bond donors (Lipinski definition) is 3. The molecule has 0 bridgehead atoms. The second-order valence-electron chi connectivity index (χ2n) is 9.04. The van der Waals surface area contributed by atoms with Crippen LogP contribution in [-0.2, 0) is 9.59 Å². The fourth-order valence-electron chi connectivity index (χ4n) is 3.88. The van der Waals surface area contributed by atoms with Gasteiger partial charge >= 0.3 is 12.1 Å². The quantitative estimate of drug-likeness (QED) is 0.279. The number of benzene rings is 2. The zero-order valence-electron chi connectivity index (χ0n) is 21.8. The van der Waals surface area contributed by atoms with Gasteiger partial charge in [-0.3, -0.25) is 4.79 Å². The van der Waals surface area contributed by atoms with Crippen LogP contribution in [0.2, 0.25) is 0 Å². The molecule has 9 nitrogen and oxygen atoms in total. The molecule has 3 aromatic rings. The topological polar surface area (TPSA) is 131 Å². The summed E-state index contributed by atoms with van der Waals surface area (Å²) in [6, 6.07) is 14.9. The summed E-state index contributed by atoms with van der Waals surface area (Å²) in [6.07, 6.45) is 0.668. The smallest absolute Gasteiger partial charge is 0.486 e. The van der Waals surface area contributed by atoms with E-state index in [1.807, 2.05) is 30.3 Å². The van der Waals surface area contributed by atoms with E-state index in [0.717, 1.165) is 36.9 Å². The van der Waals surface area contributed by atoms with Gasteiger partial charge in [0.2, 0.25) is 0 Å². The van der Waals surface area contributed by atoms with Crippen LogP contribution in [0.5, 0.6) is 11.5 Å². The number of rotatable bonds is 10. The number of unbranched alkanes of at least 4 members (excludes halogenated alkanes) is 2. The second kappa shape index (κ2) is 14.2. The molecule has 0 spiro atoms. The lowest BCUT2D eigenvalue weighted by atomic mass is 10.0. The number of carbonyl (C=O) groups excluding carboxylic acids is 2. The number of carboxylic acids is 1. The Morgan fingerprint density at radius 3 is 2.35 bits per heavy atom. The van der Waals surface area contributed by atoms with Gasteiger partial charge < -0.3 is 29.7 Å². The molecule has 0 unspecified atom stereocenters. The van der Waals surface area contributed by atoms with E-state index >= 15 is 0 Å². The molecule has 214 valence electrons. The van der Waals surface area contributed by atoms with Crippen molar-refractivity contribution in [3.05, 3.63) is 66.1 Å². The lowest BCUT2D eigenvalue weighted by Crippen LogP contribution is -2.29. The predicted octanol–water partition coefficient (Wildman–Crippen LogP) is 5.49. The third kappa shape index (κ3) is 9.14. The lowest BCUT2D eigenvalue weighted by Gasteiger charge is -2.20. The van der Waals surface area contributed by atoms with Crippen molar-refractivity contribution in [2.24, 2.45) is 0 Å². The largest absolute Gasteiger partial charge is 0.490 e. The zero-order valence-corrected chi connectivity index (χ0v) is 21.8. The first-order valence-corrected chi connectivity index (χ1v) is 12.6. The number of fused-ring (bicyclic) bond motifs is 1. The van der Waals surface area contributed by atoms with Crippen molar-refractivity contribution in [1.29, 1.82) is 0 Å². The SMILES string of the molecule is CC(=O)CCCCC[C@H](NC(=O)c1ccc2c(c1)OCCO2)c1ncc(-c2ccccc2)[nH]1.O=C(O)C(F)(F)F. The molecule has 0 aliphatic carbocycles. The van der Waals surface area contributed by atoms with Crippen LogP contribution in [0.25, 0.3) is 11.3 Å². The van der Waals surface area contributed by atoms with Crippen LogP contribution in [0, 0.1) is 0 Å². The monoisotopic (exact) mass is 561 g/mol. The number of halogens is 3. The van der Waals surface area contributed by atoms with Gasteiger partial charge in [0, 0.05) is 12.0 Å². The van der Waals surface area contributed by atoms with Crippen LogP contribution in [0.1, 0.15) is 61.3 Å². The average Bonchev–Trinajstić information content (AvgIpc) is 3.42. The molecule has 1 aromatic heterocycles. The first kappa shape index (κ1) is 30.2. The van der Waals surface area contributed by atoms with Crippen molar-refractivity contribution >= 4 is 17.7 Å². The number of hydrogen-bond acceptors (Lipinski definition) is 6. The van der Waals surface area contributed by atoms with Crippen molar-refractivity contribution in [3.63, 3.8) is 0 Å². The number of aromatic amines is 1. The molecule has 0 fully saturated rings. The van der Waals surface area contributed by atoms with Crippen LogP contribution in [-0.4, -0.2) is 52.1 Å². The number of carbonyl (C=O) groups is 3. The van der Waals surface area contributed by atoms with Crippen LogP contribution in [0.4, 0.5) is 13.2 Å². The summed E-state index contributed by atoms with van der Waals surface area (Å²) in [5, 5.41) is 10.2. The molecule has 1 atom stereocenters. The van der Waals surface area contributed by atoms with Gasteiger partial charge in [0.15, 0.2) is 11.5 Å². The van der Waals surface area contributed by atoms with Gasteiger partial charge in [-0.25, -0.2) is 9.78 Å². The first-order valence-electron chi connectivity index (χ1n) is 12.6. The minimum atomic E-state index is -5.08. The molecule has 1 aliphatic heterocycles. The number of amides is 1. The minimum absolute atomic E-state index is 0.196. The number of ether oxygens (including phenoxy) is 2. The van der Waals surface area contributed by atoms with E-state index in [4.69, 9.17) is 19.4 Å². The zero-order chi connectivity index (χ0) is 29.1. The maximum Gasteiger partial charge on any atom is 0.490 e. The standard InChI is InChI=1S/C26H29N3O4.C2HF3O2/c1-18(30)8-4-2-7-11-21(25-27-17-22(28-25)19-9-5-3-6-10-19)29-26(31)20-12-13-23-24(16-20)33-15-14-32-23;3-2(4,5)1(6)7/h3,5-6,9-10,12-13,16-17,21H,2,4,7-8,11,14-15H2,1H3,(H,27,28)(H,29,31);(H,6,7)/t21-;/m0./s1. The van der Waals surface area contributed by atoms with Gasteiger partial charge in [-0.05, 0) is 43.5 Å². The molecule has 4 rings (SSSR count). The highest BCUT2D eigenvalue weighted by Gasteiger charge is 2.38. The molecule has 2 aromatic carbocycles. The third-order valence-electron chi connectivity index (χ3n) is 5.88. The number of ketones is 1. The Morgan fingerprint density at radius 1 is 1.02 bits per heavy atom. The molecule has 1 amide bonds. The fourth-order valence-corrected chi connectivity index (χ4v) is 3.88. The Hall–Kier alpha value is -4.35. The van der Waals surface area contributed by atoms with E-state index in [1.54, 1.807) is 31.3 Å². The average molecular weight is 562 g/mol. The Kier molecular flexibility index (Phi) is 10.7. The maximum atomic E-state index is 13.1. The van der Waals surface area contributed by atoms with Gasteiger partial charge in [0.1, 0.15) is 24.8 Å². The van der Waals surface area contributed by atoms with Gasteiger partial charge in [0.25, 0.3) is 5.91 Å². The number of nitrogens with zero attached hydrogens (tertiary/aromatic N) is 1. The molecule has 12 heteroatoms. The Morgan fingerprint density at radius 2 is 1.70 bits per heavy atom. The summed E-state index contributed by atoms with van der Waals surface area (Å²) in [7, 11) is 0.